The summed E-state index contributed by atoms with van der Waals surface area (Å²) in [6, 6.07) is 9.55. The molecule has 0 aromatic heterocycles. The Bertz CT molecular complexity index is 577. The second kappa shape index (κ2) is 9.75. The van der Waals surface area contributed by atoms with Gasteiger partial charge in [-0.2, -0.15) is 0 Å². The van der Waals surface area contributed by atoms with Crippen LogP contribution in [0.4, 0.5) is 0 Å². The highest BCUT2D eigenvalue weighted by Gasteiger charge is 2.31. The molecule has 2 amide bonds. The Hall–Kier alpha value is -1.84. The predicted octanol–water partition coefficient (Wildman–Crippen LogP) is 4.00. The van der Waals surface area contributed by atoms with Crippen molar-refractivity contribution in [1.82, 2.24) is 10.2 Å². The summed E-state index contributed by atoms with van der Waals surface area (Å²) in [7, 11) is 0. The number of hydrogen-bond acceptors (Lipinski definition) is 2. The molecule has 1 aliphatic rings. The van der Waals surface area contributed by atoms with Crippen molar-refractivity contribution in [3.8, 4) is 0 Å². The summed E-state index contributed by atoms with van der Waals surface area (Å²) in [4.78, 5) is 27.6. The standard InChI is InChI=1S/C22H34N2O2/c1-5-24(15-18-9-7-6-8-10-18)22(26)20(16(2)3)23-21(25)19-13-11-17(4)12-14-19/h6-10,16-17,19-20H,5,11-15H2,1-4H3,(H,23,25)/t17?,19?,20-/m0/s1. The van der Waals surface area contributed by atoms with Crippen molar-refractivity contribution in [3.05, 3.63) is 35.9 Å². The monoisotopic (exact) mass is 358 g/mol. The van der Waals surface area contributed by atoms with E-state index in [9.17, 15) is 9.59 Å². The molecule has 0 radical (unpaired) electrons. The molecule has 1 aromatic carbocycles. The van der Waals surface area contributed by atoms with Gasteiger partial charge in [-0.3, -0.25) is 9.59 Å². The maximum absolute atomic E-state index is 13.1. The number of benzene rings is 1. The summed E-state index contributed by atoms with van der Waals surface area (Å²) in [6.45, 7) is 9.45. The van der Waals surface area contributed by atoms with Crippen LogP contribution in [0.3, 0.4) is 0 Å². The van der Waals surface area contributed by atoms with Crippen molar-refractivity contribution in [2.75, 3.05) is 6.54 Å². The van der Waals surface area contributed by atoms with Crippen LogP contribution in [0.25, 0.3) is 0 Å². The molecule has 1 N–H and O–H groups in total. The first-order chi connectivity index (χ1) is 12.4. The van der Waals surface area contributed by atoms with Gasteiger partial charge in [-0.15, -0.1) is 0 Å². The molecule has 0 bridgehead atoms. The summed E-state index contributed by atoms with van der Waals surface area (Å²) >= 11 is 0. The molecule has 0 heterocycles. The average Bonchev–Trinajstić information content (AvgIpc) is 2.64. The van der Waals surface area contributed by atoms with E-state index in [1.807, 2.05) is 56.0 Å². The lowest BCUT2D eigenvalue weighted by molar-refractivity contribution is -0.139. The van der Waals surface area contributed by atoms with E-state index < -0.39 is 6.04 Å². The van der Waals surface area contributed by atoms with Crippen LogP contribution in [0.1, 0.15) is 58.9 Å². The molecular weight excluding hydrogens is 324 g/mol. The van der Waals surface area contributed by atoms with E-state index in [1.54, 1.807) is 0 Å². The summed E-state index contributed by atoms with van der Waals surface area (Å²) in [5.41, 5.74) is 1.11. The number of hydrogen-bond donors (Lipinski definition) is 1. The lowest BCUT2D eigenvalue weighted by atomic mass is 9.82. The molecule has 1 fully saturated rings. The summed E-state index contributed by atoms with van der Waals surface area (Å²) in [5, 5.41) is 3.07. The number of likely N-dealkylation sites (N-methyl/N-ethyl adjacent to an activating group) is 1. The van der Waals surface area contributed by atoms with Gasteiger partial charge in [-0.1, -0.05) is 51.1 Å². The fourth-order valence-electron chi connectivity index (χ4n) is 3.65. The first-order valence-corrected chi connectivity index (χ1v) is 10.1. The smallest absolute Gasteiger partial charge is 0.245 e. The van der Waals surface area contributed by atoms with Gasteiger partial charge in [0.1, 0.15) is 6.04 Å². The van der Waals surface area contributed by atoms with Crippen LogP contribution >= 0.6 is 0 Å². The zero-order valence-corrected chi connectivity index (χ0v) is 16.7. The summed E-state index contributed by atoms with van der Waals surface area (Å²) in [5.74, 6) is 0.912. The Morgan fingerprint density at radius 2 is 1.73 bits per heavy atom. The van der Waals surface area contributed by atoms with Crippen LogP contribution in [0.5, 0.6) is 0 Å². The van der Waals surface area contributed by atoms with Gasteiger partial charge in [0.05, 0.1) is 0 Å². The van der Waals surface area contributed by atoms with Crippen LogP contribution in [-0.4, -0.2) is 29.3 Å². The van der Waals surface area contributed by atoms with Gasteiger partial charge in [0.15, 0.2) is 0 Å². The fourth-order valence-corrected chi connectivity index (χ4v) is 3.65. The molecule has 4 heteroatoms. The largest absolute Gasteiger partial charge is 0.344 e. The van der Waals surface area contributed by atoms with E-state index in [2.05, 4.69) is 12.2 Å². The zero-order chi connectivity index (χ0) is 19.1. The van der Waals surface area contributed by atoms with E-state index in [1.165, 1.54) is 0 Å². The highest BCUT2D eigenvalue weighted by atomic mass is 16.2. The van der Waals surface area contributed by atoms with Crippen LogP contribution < -0.4 is 5.32 Å². The molecule has 0 unspecified atom stereocenters. The molecular formula is C22H34N2O2. The van der Waals surface area contributed by atoms with Crippen molar-refractivity contribution in [3.63, 3.8) is 0 Å². The van der Waals surface area contributed by atoms with Crippen molar-refractivity contribution >= 4 is 11.8 Å². The van der Waals surface area contributed by atoms with Crippen LogP contribution in [0, 0.1) is 17.8 Å². The van der Waals surface area contributed by atoms with E-state index in [-0.39, 0.29) is 23.7 Å². The number of rotatable bonds is 7. The molecule has 1 aliphatic carbocycles. The van der Waals surface area contributed by atoms with Gasteiger partial charge in [0.2, 0.25) is 11.8 Å². The van der Waals surface area contributed by atoms with Crippen molar-refractivity contribution in [2.24, 2.45) is 17.8 Å². The average molecular weight is 359 g/mol. The Kier molecular flexibility index (Phi) is 7.67. The molecule has 1 saturated carbocycles. The lowest BCUT2D eigenvalue weighted by Crippen LogP contribution is -2.52. The van der Waals surface area contributed by atoms with Gasteiger partial charge in [-0.25, -0.2) is 0 Å². The Morgan fingerprint density at radius 3 is 2.27 bits per heavy atom. The zero-order valence-electron chi connectivity index (χ0n) is 16.7. The molecule has 2 rings (SSSR count). The highest BCUT2D eigenvalue weighted by Crippen LogP contribution is 2.28. The Morgan fingerprint density at radius 1 is 1.12 bits per heavy atom. The molecule has 4 nitrogen and oxygen atoms in total. The molecule has 0 saturated heterocycles. The first-order valence-electron chi connectivity index (χ1n) is 10.1. The number of nitrogens with zero attached hydrogens (tertiary/aromatic N) is 1. The number of nitrogens with one attached hydrogen (secondary N) is 1. The fraction of sp³-hybridized carbons (Fsp3) is 0.636. The van der Waals surface area contributed by atoms with E-state index in [4.69, 9.17) is 0 Å². The van der Waals surface area contributed by atoms with E-state index >= 15 is 0 Å². The quantitative estimate of drug-likeness (QED) is 0.801. The van der Waals surface area contributed by atoms with Gasteiger partial charge in [0, 0.05) is 19.0 Å². The predicted molar refractivity (Wildman–Crippen MR) is 105 cm³/mol. The normalized spacial score (nSPS) is 21.3. The minimum atomic E-state index is -0.453. The van der Waals surface area contributed by atoms with Crippen LogP contribution in [-0.2, 0) is 16.1 Å². The Labute approximate surface area is 158 Å². The summed E-state index contributed by atoms with van der Waals surface area (Å²) < 4.78 is 0. The van der Waals surface area contributed by atoms with Gasteiger partial charge < -0.3 is 10.2 Å². The molecule has 26 heavy (non-hydrogen) atoms. The maximum Gasteiger partial charge on any atom is 0.245 e. The minimum absolute atomic E-state index is 0.0175. The lowest BCUT2D eigenvalue weighted by Gasteiger charge is -2.31. The van der Waals surface area contributed by atoms with E-state index in [0.717, 1.165) is 31.2 Å². The maximum atomic E-state index is 13.1. The molecule has 0 aliphatic heterocycles. The van der Waals surface area contributed by atoms with Gasteiger partial charge in [-0.05, 0) is 50.0 Å². The second-order valence-corrected chi connectivity index (χ2v) is 8.03. The molecule has 0 spiro atoms. The van der Waals surface area contributed by atoms with Crippen molar-refractivity contribution < 1.29 is 9.59 Å². The van der Waals surface area contributed by atoms with Gasteiger partial charge in [0.25, 0.3) is 0 Å². The molecule has 144 valence electrons. The molecule has 1 atom stereocenters. The van der Waals surface area contributed by atoms with Crippen molar-refractivity contribution in [1.29, 1.82) is 0 Å². The minimum Gasteiger partial charge on any atom is -0.344 e. The highest BCUT2D eigenvalue weighted by molar-refractivity contribution is 5.88. The number of amides is 2. The third kappa shape index (κ3) is 5.58. The second-order valence-electron chi connectivity index (χ2n) is 8.03. The van der Waals surface area contributed by atoms with E-state index in [0.29, 0.717) is 19.0 Å². The topological polar surface area (TPSA) is 49.4 Å². The number of carbonyl (C=O) groups excluding carboxylic acids is 2. The SMILES string of the molecule is CCN(Cc1ccccc1)C(=O)[C@@H](NC(=O)C1CCC(C)CC1)C(C)C. The first kappa shape index (κ1) is 20.5. The van der Waals surface area contributed by atoms with Crippen molar-refractivity contribution in [2.45, 2.75) is 66.0 Å². The van der Waals surface area contributed by atoms with Gasteiger partial charge >= 0.3 is 0 Å². The van der Waals surface area contributed by atoms with Crippen LogP contribution in [0.15, 0.2) is 30.3 Å². The third-order valence-corrected chi connectivity index (χ3v) is 5.53. The summed E-state index contributed by atoms with van der Waals surface area (Å²) in [6.07, 6.45) is 4.09. The molecule has 1 aromatic rings. The Balaban J connectivity index is 2.02. The number of carbonyl (C=O) groups is 2. The third-order valence-electron chi connectivity index (χ3n) is 5.53. The van der Waals surface area contributed by atoms with Crippen LogP contribution in [0.2, 0.25) is 0 Å².